The highest BCUT2D eigenvalue weighted by molar-refractivity contribution is 5.95. The number of carbonyl (C=O) groups excluding carboxylic acids is 1. The van der Waals surface area contributed by atoms with Gasteiger partial charge in [0.15, 0.2) is 0 Å². The van der Waals surface area contributed by atoms with Gasteiger partial charge in [0.1, 0.15) is 11.9 Å². The highest BCUT2D eigenvalue weighted by Gasteiger charge is 2.16. The molecular formula is C28H29FN4O. The lowest BCUT2D eigenvalue weighted by molar-refractivity contribution is -0.126. The van der Waals surface area contributed by atoms with Crippen LogP contribution in [0.4, 0.5) is 4.39 Å². The third-order valence-corrected chi connectivity index (χ3v) is 5.86. The molecular weight excluding hydrogens is 427 g/mol. The number of rotatable bonds is 7. The molecule has 5 nitrogen and oxygen atoms in total. The van der Waals surface area contributed by atoms with E-state index in [1.165, 1.54) is 11.0 Å². The molecule has 1 amide bonds. The average Bonchev–Trinajstić information content (AvgIpc) is 2.80. The molecule has 0 unspecified atom stereocenters. The average molecular weight is 457 g/mol. The topological polar surface area (TPSA) is 69.0 Å². The van der Waals surface area contributed by atoms with Gasteiger partial charge in [-0.15, -0.1) is 0 Å². The number of hydrogen-bond acceptors (Lipinski definition) is 4. The van der Waals surface area contributed by atoms with Crippen molar-refractivity contribution in [2.24, 2.45) is 0 Å². The number of nitriles is 1. The van der Waals surface area contributed by atoms with Gasteiger partial charge >= 0.3 is 0 Å². The first kappa shape index (κ1) is 24.7. The second-order valence-electron chi connectivity index (χ2n) is 8.65. The van der Waals surface area contributed by atoms with E-state index in [9.17, 15) is 14.4 Å². The van der Waals surface area contributed by atoms with Gasteiger partial charge in [0.2, 0.25) is 0 Å². The molecule has 1 N–H and O–H groups in total. The highest BCUT2D eigenvalue weighted by atomic mass is 19.1. The number of amides is 1. The van der Waals surface area contributed by atoms with Crippen LogP contribution in [0.1, 0.15) is 33.4 Å². The lowest BCUT2D eigenvalue weighted by Gasteiger charge is -2.19. The number of fused-ring (bicyclic) bond motifs is 1. The lowest BCUT2D eigenvalue weighted by atomic mass is 10.0. The van der Waals surface area contributed by atoms with Gasteiger partial charge in [0.05, 0.1) is 11.1 Å². The third kappa shape index (κ3) is 5.49. The first-order valence-corrected chi connectivity index (χ1v) is 11.0. The molecule has 3 rings (SSSR count). The van der Waals surface area contributed by atoms with Crippen molar-refractivity contribution in [1.82, 2.24) is 15.2 Å². The summed E-state index contributed by atoms with van der Waals surface area (Å²) in [6.07, 6.45) is 3.93. The molecule has 0 fully saturated rings. The van der Waals surface area contributed by atoms with E-state index in [1.807, 2.05) is 39.0 Å². The zero-order chi connectivity index (χ0) is 25.0. The predicted octanol–water partition coefficient (Wildman–Crippen LogP) is 5.03. The van der Waals surface area contributed by atoms with E-state index in [4.69, 9.17) is 0 Å². The Kier molecular flexibility index (Phi) is 7.47. The van der Waals surface area contributed by atoms with E-state index in [2.05, 4.69) is 22.9 Å². The maximum Gasteiger partial charge on any atom is 0.253 e. The second-order valence-corrected chi connectivity index (χ2v) is 8.65. The summed E-state index contributed by atoms with van der Waals surface area (Å²) < 4.78 is 14.4. The van der Waals surface area contributed by atoms with E-state index >= 15 is 0 Å². The molecule has 0 aliphatic heterocycles. The minimum Gasteiger partial charge on any atom is -0.391 e. The fourth-order valence-electron chi connectivity index (χ4n) is 3.85. The summed E-state index contributed by atoms with van der Waals surface area (Å²) in [6.45, 7) is 9.82. The Morgan fingerprint density at radius 2 is 1.91 bits per heavy atom. The number of pyridine rings is 1. The van der Waals surface area contributed by atoms with E-state index in [1.54, 1.807) is 32.4 Å². The van der Waals surface area contributed by atoms with Gasteiger partial charge < -0.3 is 10.2 Å². The number of halogens is 1. The molecule has 3 aromatic rings. The monoisotopic (exact) mass is 456 g/mol. The zero-order valence-electron chi connectivity index (χ0n) is 20.3. The van der Waals surface area contributed by atoms with Crippen LogP contribution in [0.15, 0.2) is 60.5 Å². The van der Waals surface area contributed by atoms with E-state index < -0.39 is 0 Å². The molecule has 1 heterocycles. The van der Waals surface area contributed by atoms with E-state index in [-0.39, 0.29) is 23.8 Å². The summed E-state index contributed by atoms with van der Waals surface area (Å²) in [6, 6.07) is 11.3. The summed E-state index contributed by atoms with van der Waals surface area (Å²) >= 11 is 0. The molecule has 0 bridgehead atoms. The Labute approximate surface area is 200 Å². The number of allylic oxidation sites excluding steroid dienone is 1. The highest BCUT2D eigenvalue weighted by Crippen LogP contribution is 2.22. The van der Waals surface area contributed by atoms with Crippen LogP contribution in [0, 0.1) is 37.9 Å². The molecule has 2 aromatic carbocycles. The zero-order valence-corrected chi connectivity index (χ0v) is 20.3. The van der Waals surface area contributed by atoms with Gasteiger partial charge in [-0.3, -0.25) is 9.78 Å². The Morgan fingerprint density at radius 1 is 1.21 bits per heavy atom. The minimum absolute atomic E-state index is 0.149. The van der Waals surface area contributed by atoms with Crippen LogP contribution in [0.25, 0.3) is 10.9 Å². The molecule has 0 spiro atoms. The summed E-state index contributed by atoms with van der Waals surface area (Å²) in [5.74, 6) is -0.615. The number of hydrogen-bond donors (Lipinski definition) is 1. The number of nitrogens with one attached hydrogen (secondary N) is 1. The van der Waals surface area contributed by atoms with Crippen LogP contribution in [-0.2, 0) is 17.8 Å². The fraction of sp³-hybridized carbons (Fsp3) is 0.250. The number of aromatic nitrogens is 1. The number of aryl methyl sites for hydroxylation is 3. The van der Waals surface area contributed by atoms with Crippen molar-refractivity contribution in [3.8, 4) is 6.07 Å². The quantitative estimate of drug-likeness (QED) is 0.400. The summed E-state index contributed by atoms with van der Waals surface area (Å²) in [7, 11) is 3.41. The Hall–Kier alpha value is -3.98. The molecule has 0 radical (unpaired) electrons. The molecule has 0 aliphatic carbocycles. The van der Waals surface area contributed by atoms with Crippen molar-refractivity contribution in [1.29, 1.82) is 5.26 Å². The van der Waals surface area contributed by atoms with Gasteiger partial charge in [-0.1, -0.05) is 12.6 Å². The van der Waals surface area contributed by atoms with Crippen molar-refractivity contribution >= 4 is 16.8 Å². The second kappa shape index (κ2) is 10.3. The largest absolute Gasteiger partial charge is 0.391 e. The van der Waals surface area contributed by atoms with Crippen LogP contribution in [0.5, 0.6) is 0 Å². The molecule has 0 saturated heterocycles. The number of likely N-dealkylation sites (N-methyl/N-ethyl adjacent to an activating group) is 2. The smallest absolute Gasteiger partial charge is 0.253 e. The van der Waals surface area contributed by atoms with Crippen LogP contribution in [0.3, 0.4) is 0 Å². The van der Waals surface area contributed by atoms with Gasteiger partial charge in [-0.05, 0) is 73.4 Å². The fourth-order valence-corrected chi connectivity index (χ4v) is 3.85. The predicted molar refractivity (Wildman–Crippen MR) is 134 cm³/mol. The van der Waals surface area contributed by atoms with Crippen molar-refractivity contribution in [3.05, 3.63) is 99.7 Å². The van der Waals surface area contributed by atoms with Crippen molar-refractivity contribution in [2.75, 3.05) is 14.1 Å². The van der Waals surface area contributed by atoms with Crippen molar-refractivity contribution < 1.29 is 9.18 Å². The molecule has 1 aromatic heterocycles. The normalized spacial score (nSPS) is 11.3. The molecule has 6 heteroatoms. The van der Waals surface area contributed by atoms with Gasteiger partial charge in [0, 0.05) is 55.5 Å². The first-order chi connectivity index (χ1) is 16.1. The molecule has 0 aliphatic rings. The van der Waals surface area contributed by atoms with Crippen molar-refractivity contribution in [2.45, 2.75) is 33.7 Å². The van der Waals surface area contributed by atoms with Crippen LogP contribution < -0.4 is 5.32 Å². The van der Waals surface area contributed by atoms with Gasteiger partial charge in [-0.25, -0.2) is 4.39 Å². The van der Waals surface area contributed by atoms with Crippen molar-refractivity contribution in [3.63, 3.8) is 0 Å². The number of nitrogens with zero attached hydrogens (tertiary/aromatic N) is 3. The molecule has 0 atom stereocenters. The van der Waals surface area contributed by atoms with Gasteiger partial charge in [0.25, 0.3) is 5.91 Å². The number of carbonyl (C=O) groups is 1. The number of benzene rings is 2. The Morgan fingerprint density at radius 3 is 2.59 bits per heavy atom. The van der Waals surface area contributed by atoms with E-state index in [0.717, 1.165) is 33.3 Å². The summed E-state index contributed by atoms with van der Waals surface area (Å²) in [5, 5.41) is 13.6. The molecule has 174 valence electrons. The first-order valence-electron chi connectivity index (χ1n) is 11.0. The Balaban J connectivity index is 1.79. The maximum atomic E-state index is 14.4. The lowest BCUT2D eigenvalue weighted by Crippen LogP contribution is -2.27. The van der Waals surface area contributed by atoms with Crippen LogP contribution in [-0.4, -0.2) is 29.9 Å². The van der Waals surface area contributed by atoms with Crippen LogP contribution >= 0.6 is 0 Å². The molecule has 0 saturated carbocycles. The third-order valence-electron chi connectivity index (χ3n) is 5.86. The van der Waals surface area contributed by atoms with E-state index in [0.29, 0.717) is 23.1 Å². The molecule has 34 heavy (non-hydrogen) atoms. The van der Waals surface area contributed by atoms with Crippen LogP contribution in [0.2, 0.25) is 0 Å². The Bertz CT molecular complexity index is 1350. The SMILES string of the molecule is C=C(/C=C(/Cc1cc(C#N)c2ncc(C)cc2c1)NC)C(=O)N(C)Cc1cc(C)c(C)cc1F. The summed E-state index contributed by atoms with van der Waals surface area (Å²) in [5.41, 5.74) is 6.49. The standard InChI is InChI=1S/C28H29FN4O/c1-17-7-22-11-21(12-23(14-30)27(22)32-15-17)13-25(31-5)9-20(4)28(34)33(6)16-24-8-18(2)19(3)10-26(24)29/h7-12,15,31H,4,13,16H2,1-3,5-6H3/b25-9-. The van der Waals surface area contributed by atoms with Gasteiger partial charge in [-0.2, -0.15) is 5.26 Å². The summed E-state index contributed by atoms with van der Waals surface area (Å²) in [4.78, 5) is 18.8. The minimum atomic E-state index is -0.325. The maximum absolute atomic E-state index is 14.4.